The number of sulfonamides is 1. The Morgan fingerprint density at radius 1 is 1.15 bits per heavy atom. The lowest BCUT2D eigenvalue weighted by atomic mass is 10.1. The molecule has 2 atom stereocenters. The van der Waals surface area contributed by atoms with Gasteiger partial charge in [-0.3, -0.25) is 19.2 Å². The molecule has 0 bridgehead atoms. The normalized spacial score (nSPS) is 17.2. The third-order valence-electron chi connectivity index (χ3n) is 6.47. The number of fused-ring (bicyclic) bond motifs is 1. The highest BCUT2D eigenvalue weighted by atomic mass is 35.5. The third kappa shape index (κ3) is 6.31. The van der Waals surface area contributed by atoms with Gasteiger partial charge >= 0.3 is 0 Å². The van der Waals surface area contributed by atoms with Gasteiger partial charge in [-0.15, -0.1) is 0 Å². The van der Waals surface area contributed by atoms with Crippen LogP contribution < -0.4 is 10.0 Å². The van der Waals surface area contributed by atoms with Crippen molar-refractivity contribution >= 4 is 56.0 Å². The van der Waals surface area contributed by atoms with E-state index in [1.807, 2.05) is 4.72 Å². The van der Waals surface area contributed by atoms with Gasteiger partial charge in [-0.05, 0) is 25.1 Å². The summed E-state index contributed by atoms with van der Waals surface area (Å²) in [7, 11) is -3.84. The summed E-state index contributed by atoms with van der Waals surface area (Å²) in [4.78, 5) is 51.9. The summed E-state index contributed by atoms with van der Waals surface area (Å²) >= 11 is 5.77. The Hall–Kier alpha value is -3.84. The average Bonchev–Trinajstić information content (AvgIpc) is 3.44. The molecule has 10 nitrogen and oxygen atoms in total. The molecule has 0 aliphatic carbocycles. The molecule has 0 spiro atoms. The minimum absolute atomic E-state index is 0.0321. The van der Waals surface area contributed by atoms with Gasteiger partial charge in [0.05, 0.1) is 23.3 Å². The van der Waals surface area contributed by atoms with Gasteiger partial charge in [0, 0.05) is 41.2 Å². The number of Topliss-reactive ketones (excluding diaryl/α,β-unsaturated/α-hetero) is 1. The molecular weight excluding hydrogens is 570 g/mol. The fourth-order valence-corrected chi connectivity index (χ4v) is 5.25. The summed E-state index contributed by atoms with van der Waals surface area (Å²) in [5, 5.41) is 2.82. The van der Waals surface area contributed by atoms with Crippen molar-refractivity contribution in [1.82, 2.24) is 19.5 Å². The number of likely N-dealkylation sites (tertiary alicyclic amines) is 1. The number of benzene rings is 2. The van der Waals surface area contributed by atoms with Crippen molar-refractivity contribution < 1.29 is 36.4 Å². The van der Waals surface area contributed by atoms with Gasteiger partial charge in [-0.2, -0.15) is 0 Å². The van der Waals surface area contributed by atoms with E-state index in [-0.39, 0.29) is 52.5 Å². The first-order chi connectivity index (χ1) is 18.7. The first-order valence-electron chi connectivity index (χ1n) is 12.0. The summed E-state index contributed by atoms with van der Waals surface area (Å²) in [5.41, 5.74) is 0.628. The van der Waals surface area contributed by atoms with Crippen molar-refractivity contribution in [3.05, 3.63) is 70.1 Å². The minimum Gasteiger partial charge on any atom is -0.350 e. The van der Waals surface area contributed by atoms with Crippen LogP contribution in [0.3, 0.4) is 0 Å². The van der Waals surface area contributed by atoms with Crippen LogP contribution in [0.2, 0.25) is 5.02 Å². The van der Waals surface area contributed by atoms with E-state index in [0.717, 1.165) is 11.2 Å². The highest BCUT2D eigenvalue weighted by molar-refractivity contribution is 7.89. The lowest BCUT2D eigenvalue weighted by Crippen LogP contribution is -2.46. The molecule has 4 rings (SSSR count). The Morgan fingerprint density at radius 3 is 2.55 bits per heavy atom. The number of alkyl halides is 1. The first kappa shape index (κ1) is 29.2. The van der Waals surface area contributed by atoms with Crippen LogP contribution in [0.25, 0.3) is 10.9 Å². The van der Waals surface area contributed by atoms with Crippen LogP contribution >= 0.6 is 11.6 Å². The quantitative estimate of drug-likeness (QED) is 0.385. The van der Waals surface area contributed by atoms with Crippen LogP contribution in [-0.4, -0.2) is 66.4 Å². The maximum absolute atomic E-state index is 14.4. The zero-order valence-electron chi connectivity index (χ0n) is 21.4. The van der Waals surface area contributed by atoms with Crippen LogP contribution in [0.1, 0.15) is 39.6 Å². The van der Waals surface area contributed by atoms with E-state index in [4.69, 9.17) is 11.6 Å². The van der Waals surface area contributed by atoms with Crippen LogP contribution in [0, 0.1) is 5.82 Å². The maximum Gasteiger partial charge on any atom is 0.264 e. The third-order valence-corrected chi connectivity index (χ3v) is 7.31. The molecule has 1 aliphatic rings. The topological polar surface area (TPSA) is 135 Å². The number of amides is 3. The summed E-state index contributed by atoms with van der Waals surface area (Å²) in [6.45, 7) is 0.356. The Bertz CT molecular complexity index is 1640. The Morgan fingerprint density at radius 2 is 1.88 bits per heavy atom. The van der Waals surface area contributed by atoms with Gasteiger partial charge in [0.15, 0.2) is 5.78 Å². The van der Waals surface area contributed by atoms with Gasteiger partial charge in [0.1, 0.15) is 24.6 Å². The molecule has 212 valence electrons. The highest BCUT2D eigenvalue weighted by Gasteiger charge is 2.39. The Kier molecular flexibility index (Phi) is 8.26. The SMILES string of the molecule is CC(=O)c1cn(CC(=O)N2CC(F)CC2C(=O)NCc2cccc(Cl)c2F)c2cc(C(=O)NS(C)(=O)=O)ccc12. The molecule has 0 saturated carbocycles. The van der Waals surface area contributed by atoms with Crippen molar-refractivity contribution in [2.24, 2.45) is 0 Å². The Labute approximate surface area is 233 Å². The number of nitrogens with zero attached hydrogens (tertiary/aromatic N) is 2. The van der Waals surface area contributed by atoms with Crippen LogP contribution in [0.4, 0.5) is 8.78 Å². The van der Waals surface area contributed by atoms with E-state index < -0.39 is 52.3 Å². The number of aromatic nitrogens is 1. The summed E-state index contributed by atoms with van der Waals surface area (Å²) < 4.78 is 54.8. The second-order valence-corrected chi connectivity index (χ2v) is 11.6. The second kappa shape index (κ2) is 11.3. The van der Waals surface area contributed by atoms with Gasteiger partial charge in [-0.1, -0.05) is 29.8 Å². The number of halogens is 3. The summed E-state index contributed by atoms with van der Waals surface area (Å²) in [5.74, 6) is -3.22. The lowest BCUT2D eigenvalue weighted by Gasteiger charge is -2.24. The summed E-state index contributed by atoms with van der Waals surface area (Å²) in [6.07, 6.45) is 0.507. The second-order valence-electron chi connectivity index (χ2n) is 9.49. The fourth-order valence-electron chi connectivity index (χ4n) is 4.60. The van der Waals surface area contributed by atoms with Crippen molar-refractivity contribution in [3.8, 4) is 0 Å². The fraction of sp³-hybridized carbons (Fsp3) is 0.308. The molecule has 1 aliphatic heterocycles. The molecule has 3 amide bonds. The minimum atomic E-state index is -3.84. The molecule has 2 N–H and O–H groups in total. The van der Waals surface area contributed by atoms with E-state index >= 15 is 0 Å². The van der Waals surface area contributed by atoms with Gasteiger partial charge in [0.25, 0.3) is 5.91 Å². The monoisotopic (exact) mass is 594 g/mol. The number of ketones is 1. The maximum atomic E-state index is 14.4. The smallest absolute Gasteiger partial charge is 0.264 e. The molecule has 2 aromatic carbocycles. The van der Waals surface area contributed by atoms with Crippen molar-refractivity contribution in [3.63, 3.8) is 0 Å². The van der Waals surface area contributed by atoms with Crippen LogP contribution in [0.15, 0.2) is 42.6 Å². The largest absolute Gasteiger partial charge is 0.350 e. The van der Waals surface area contributed by atoms with E-state index in [2.05, 4.69) is 5.32 Å². The van der Waals surface area contributed by atoms with Crippen molar-refractivity contribution in [2.75, 3.05) is 12.8 Å². The number of carbonyl (C=O) groups is 4. The average molecular weight is 595 g/mol. The Balaban J connectivity index is 1.57. The van der Waals surface area contributed by atoms with E-state index in [1.54, 1.807) is 0 Å². The molecule has 1 saturated heterocycles. The molecule has 1 fully saturated rings. The van der Waals surface area contributed by atoms with E-state index in [9.17, 15) is 36.4 Å². The lowest BCUT2D eigenvalue weighted by molar-refractivity contribution is -0.139. The van der Waals surface area contributed by atoms with Crippen molar-refractivity contribution in [2.45, 2.75) is 38.6 Å². The molecular formula is C26H25ClF2N4O6S. The predicted octanol–water partition coefficient (Wildman–Crippen LogP) is 2.58. The molecule has 0 radical (unpaired) electrons. The van der Waals surface area contributed by atoms with Crippen molar-refractivity contribution in [1.29, 1.82) is 0 Å². The molecule has 2 heterocycles. The van der Waals surface area contributed by atoms with Crippen LogP contribution in [0.5, 0.6) is 0 Å². The zero-order chi connectivity index (χ0) is 29.4. The van der Waals surface area contributed by atoms with Gasteiger partial charge in [0.2, 0.25) is 21.8 Å². The van der Waals surface area contributed by atoms with Gasteiger partial charge in [-0.25, -0.2) is 21.9 Å². The zero-order valence-corrected chi connectivity index (χ0v) is 23.0. The van der Waals surface area contributed by atoms with E-state index in [0.29, 0.717) is 5.39 Å². The molecule has 14 heteroatoms. The summed E-state index contributed by atoms with van der Waals surface area (Å²) in [6, 6.07) is 7.29. The highest BCUT2D eigenvalue weighted by Crippen LogP contribution is 2.26. The predicted molar refractivity (Wildman–Crippen MR) is 143 cm³/mol. The first-order valence-corrected chi connectivity index (χ1v) is 14.3. The standard InChI is InChI=1S/C26H25ClF2N4O6S/c1-14(34)19-12-32(21-8-15(6-7-18(19)21)25(36)31-40(2,38)39)13-23(35)33-11-17(28)9-22(33)26(37)30-10-16-4-3-5-20(27)24(16)29/h3-8,12,17,22H,9-11,13H2,1-2H3,(H,30,37)(H,31,36). The molecule has 1 aromatic heterocycles. The van der Waals surface area contributed by atoms with Gasteiger partial charge < -0.3 is 14.8 Å². The number of hydrogen-bond acceptors (Lipinski definition) is 6. The number of hydrogen-bond donors (Lipinski definition) is 2. The van der Waals surface area contributed by atoms with Crippen LogP contribution in [-0.2, 0) is 32.7 Å². The van der Waals surface area contributed by atoms with E-state index in [1.165, 1.54) is 54.1 Å². The number of nitrogens with one attached hydrogen (secondary N) is 2. The number of rotatable bonds is 8. The molecule has 2 unspecified atom stereocenters. The molecule has 3 aromatic rings. The molecule has 40 heavy (non-hydrogen) atoms. The number of carbonyl (C=O) groups excluding carboxylic acids is 4.